The minimum Gasteiger partial charge on any atom is -0.291 e. The maximum absolute atomic E-state index is 14.2. The number of thiophene rings is 1. The summed E-state index contributed by atoms with van der Waals surface area (Å²) >= 11 is 1.51. The molecular weight excluding hydrogens is 574 g/mol. The van der Waals surface area contributed by atoms with Crippen LogP contribution in [0, 0.1) is 5.95 Å². The van der Waals surface area contributed by atoms with Crippen molar-refractivity contribution in [3.05, 3.63) is 139 Å². The molecule has 8 rings (SSSR count). The summed E-state index contributed by atoms with van der Waals surface area (Å²) in [6, 6.07) is 43.8. The summed E-state index contributed by atoms with van der Waals surface area (Å²) in [6.07, 6.45) is 0. The zero-order valence-corrected chi connectivity index (χ0v) is 26.1. The van der Waals surface area contributed by atoms with Crippen molar-refractivity contribution in [1.82, 2.24) is 14.5 Å². The molecule has 8 aromatic rings. The molecular formula is C40H30FN3S. The van der Waals surface area contributed by atoms with Crippen LogP contribution in [0.3, 0.4) is 0 Å². The number of benzene rings is 5. The molecule has 0 aliphatic rings. The van der Waals surface area contributed by atoms with E-state index in [1.807, 2.05) is 12.1 Å². The number of hydrogen-bond donors (Lipinski definition) is 0. The number of hydrogen-bond acceptors (Lipinski definition) is 3. The van der Waals surface area contributed by atoms with Gasteiger partial charge in [0, 0.05) is 32.2 Å². The lowest BCUT2D eigenvalue weighted by Gasteiger charge is -2.26. The Hall–Kier alpha value is -5.13. The van der Waals surface area contributed by atoms with Crippen LogP contribution in [0.1, 0.15) is 26.3 Å². The van der Waals surface area contributed by atoms with Crippen LogP contribution in [0.4, 0.5) is 4.39 Å². The van der Waals surface area contributed by atoms with Gasteiger partial charge in [-0.2, -0.15) is 4.39 Å². The van der Waals surface area contributed by atoms with Gasteiger partial charge in [-0.1, -0.05) is 106 Å². The van der Waals surface area contributed by atoms with Crippen LogP contribution in [0.5, 0.6) is 0 Å². The summed E-state index contributed by atoms with van der Waals surface area (Å²) in [4.78, 5) is 10.2. The molecule has 3 nitrogen and oxygen atoms in total. The molecule has 0 unspecified atom stereocenters. The average Bonchev–Trinajstić information content (AvgIpc) is 3.62. The first kappa shape index (κ1) is 27.4. The maximum atomic E-state index is 14.2. The lowest BCUT2D eigenvalue weighted by atomic mass is 9.82. The van der Waals surface area contributed by atoms with Crippen LogP contribution in [-0.2, 0) is 5.41 Å². The van der Waals surface area contributed by atoms with Gasteiger partial charge in [0.25, 0.3) is 0 Å². The molecule has 0 radical (unpaired) electrons. The van der Waals surface area contributed by atoms with Crippen molar-refractivity contribution in [3.8, 4) is 39.3 Å². The van der Waals surface area contributed by atoms with E-state index in [0.29, 0.717) is 4.83 Å². The monoisotopic (exact) mass is 603 g/mol. The standard InChI is InChI=1S/C40H30FN3S/c1-40(2,3)27-23-31(25-13-6-4-7-14-25)36(32(24-27)26-15-8-5-9-16-26)44-34-20-11-10-19-33(34)42-38(44)30-18-12-17-28-29-21-22-35(41)43-39(29)45-37(28)30/h4-24H,1-3H3. The molecule has 0 bridgehead atoms. The summed E-state index contributed by atoms with van der Waals surface area (Å²) in [5, 5.41) is 2.00. The Labute approximate surface area is 265 Å². The van der Waals surface area contributed by atoms with Crippen LogP contribution in [0.15, 0.2) is 127 Å². The molecule has 5 heteroatoms. The smallest absolute Gasteiger partial charge is 0.214 e. The highest BCUT2D eigenvalue weighted by atomic mass is 32.1. The van der Waals surface area contributed by atoms with Crippen molar-refractivity contribution in [3.63, 3.8) is 0 Å². The summed E-state index contributed by atoms with van der Waals surface area (Å²) in [7, 11) is 0. The zero-order valence-electron chi connectivity index (χ0n) is 25.3. The number of aromatic nitrogens is 3. The number of nitrogens with zero attached hydrogens (tertiary/aromatic N) is 3. The Kier molecular flexibility index (Phi) is 6.40. The van der Waals surface area contributed by atoms with Crippen LogP contribution >= 0.6 is 11.3 Å². The molecule has 5 aromatic carbocycles. The second-order valence-corrected chi connectivity index (χ2v) is 13.4. The van der Waals surface area contributed by atoms with Crippen LogP contribution in [0.25, 0.3) is 70.7 Å². The molecule has 3 heterocycles. The Bertz CT molecular complexity index is 2300. The third-order valence-electron chi connectivity index (χ3n) is 8.50. The summed E-state index contributed by atoms with van der Waals surface area (Å²) in [5.41, 5.74) is 9.73. The SMILES string of the molecule is CC(C)(C)c1cc(-c2ccccc2)c(-n2c(-c3cccc4c3sc3nc(F)ccc34)nc3ccccc32)c(-c2ccccc2)c1. The summed E-state index contributed by atoms with van der Waals surface area (Å²) in [5.74, 6) is 0.369. The molecule has 0 atom stereocenters. The van der Waals surface area contributed by atoms with E-state index < -0.39 is 5.95 Å². The van der Waals surface area contributed by atoms with Gasteiger partial charge in [0.2, 0.25) is 5.95 Å². The molecule has 0 fully saturated rings. The van der Waals surface area contributed by atoms with E-state index in [0.717, 1.165) is 65.8 Å². The molecule has 3 aromatic heterocycles. The first-order valence-electron chi connectivity index (χ1n) is 15.1. The topological polar surface area (TPSA) is 30.7 Å². The highest BCUT2D eigenvalue weighted by Crippen LogP contribution is 2.45. The number of halogens is 1. The van der Waals surface area contributed by atoms with Crippen LogP contribution < -0.4 is 0 Å². The van der Waals surface area contributed by atoms with E-state index in [9.17, 15) is 4.39 Å². The third kappa shape index (κ3) is 4.63. The molecule has 0 N–H and O–H groups in total. The van der Waals surface area contributed by atoms with Crippen molar-refractivity contribution < 1.29 is 4.39 Å². The number of para-hydroxylation sites is 2. The van der Waals surface area contributed by atoms with E-state index in [-0.39, 0.29) is 5.41 Å². The van der Waals surface area contributed by atoms with Gasteiger partial charge in [-0.15, -0.1) is 11.3 Å². The normalized spacial score (nSPS) is 12.0. The first-order chi connectivity index (χ1) is 21.9. The minimum absolute atomic E-state index is 0.0730. The van der Waals surface area contributed by atoms with E-state index in [1.165, 1.54) is 23.0 Å². The fourth-order valence-electron chi connectivity index (χ4n) is 6.25. The Morgan fingerprint density at radius 2 is 1.27 bits per heavy atom. The largest absolute Gasteiger partial charge is 0.291 e. The third-order valence-corrected chi connectivity index (χ3v) is 9.65. The zero-order chi connectivity index (χ0) is 30.7. The van der Waals surface area contributed by atoms with Crippen molar-refractivity contribution in [2.45, 2.75) is 26.2 Å². The Morgan fingerprint density at radius 3 is 1.93 bits per heavy atom. The second kappa shape index (κ2) is 10.5. The predicted octanol–water partition coefficient (Wildman–Crippen LogP) is 11.2. The van der Waals surface area contributed by atoms with Gasteiger partial charge < -0.3 is 0 Å². The van der Waals surface area contributed by atoms with E-state index in [1.54, 1.807) is 0 Å². The Balaban J connectivity index is 1.54. The number of fused-ring (bicyclic) bond motifs is 4. The van der Waals surface area contributed by atoms with Gasteiger partial charge in [-0.3, -0.25) is 4.57 Å². The maximum Gasteiger partial charge on any atom is 0.214 e. The molecule has 0 amide bonds. The quantitative estimate of drug-likeness (QED) is 0.187. The highest BCUT2D eigenvalue weighted by molar-refractivity contribution is 7.26. The minimum atomic E-state index is -0.471. The van der Waals surface area contributed by atoms with Gasteiger partial charge in [0.15, 0.2) is 0 Å². The van der Waals surface area contributed by atoms with Crippen molar-refractivity contribution in [2.75, 3.05) is 0 Å². The average molecular weight is 604 g/mol. The van der Waals surface area contributed by atoms with Gasteiger partial charge in [-0.25, -0.2) is 9.97 Å². The van der Waals surface area contributed by atoms with Gasteiger partial charge in [-0.05, 0) is 64.6 Å². The van der Waals surface area contributed by atoms with Gasteiger partial charge in [0.05, 0.1) is 16.7 Å². The van der Waals surface area contributed by atoms with Crippen LogP contribution in [-0.4, -0.2) is 14.5 Å². The molecule has 218 valence electrons. The lowest BCUT2D eigenvalue weighted by molar-refractivity contribution is 0.589. The predicted molar refractivity (Wildman–Crippen MR) is 187 cm³/mol. The van der Waals surface area contributed by atoms with Crippen molar-refractivity contribution in [1.29, 1.82) is 0 Å². The van der Waals surface area contributed by atoms with E-state index in [2.05, 4.69) is 140 Å². The number of rotatable bonds is 4. The molecule has 0 saturated carbocycles. The molecule has 45 heavy (non-hydrogen) atoms. The fraction of sp³-hybridized carbons (Fsp3) is 0.100. The highest BCUT2D eigenvalue weighted by Gasteiger charge is 2.26. The fourth-order valence-corrected chi connectivity index (χ4v) is 7.42. The lowest BCUT2D eigenvalue weighted by Crippen LogP contribution is -2.13. The second-order valence-electron chi connectivity index (χ2n) is 12.4. The molecule has 0 aliphatic carbocycles. The van der Waals surface area contributed by atoms with Crippen molar-refractivity contribution in [2.24, 2.45) is 0 Å². The number of pyridine rings is 1. The summed E-state index contributed by atoms with van der Waals surface area (Å²) in [6.45, 7) is 6.80. The molecule has 0 aliphatic heterocycles. The van der Waals surface area contributed by atoms with Crippen molar-refractivity contribution >= 4 is 42.7 Å². The summed E-state index contributed by atoms with van der Waals surface area (Å²) < 4.78 is 17.6. The van der Waals surface area contributed by atoms with Gasteiger partial charge in [0.1, 0.15) is 10.7 Å². The Morgan fingerprint density at radius 1 is 0.622 bits per heavy atom. The first-order valence-corrected chi connectivity index (χ1v) is 15.9. The van der Waals surface area contributed by atoms with E-state index >= 15 is 0 Å². The van der Waals surface area contributed by atoms with Gasteiger partial charge >= 0.3 is 0 Å². The van der Waals surface area contributed by atoms with Crippen LogP contribution in [0.2, 0.25) is 0 Å². The molecule has 0 saturated heterocycles. The number of imidazole rings is 1. The van der Waals surface area contributed by atoms with E-state index in [4.69, 9.17) is 4.98 Å². The molecule has 0 spiro atoms.